The molecule has 0 aliphatic rings. The predicted molar refractivity (Wildman–Crippen MR) is 78.6 cm³/mol. The summed E-state index contributed by atoms with van der Waals surface area (Å²) in [5.41, 5.74) is 8.74. The fourth-order valence-corrected chi connectivity index (χ4v) is 1.83. The van der Waals surface area contributed by atoms with Gasteiger partial charge in [0.25, 0.3) is 0 Å². The van der Waals surface area contributed by atoms with E-state index < -0.39 is 0 Å². The molecule has 0 fully saturated rings. The van der Waals surface area contributed by atoms with Gasteiger partial charge in [0.05, 0.1) is 0 Å². The molecule has 3 N–H and O–H groups in total. The molecule has 0 radical (unpaired) electrons. The third kappa shape index (κ3) is 4.89. The molecule has 19 heavy (non-hydrogen) atoms. The fourth-order valence-electron chi connectivity index (χ4n) is 1.83. The Morgan fingerprint density at radius 3 is 2.47 bits per heavy atom. The van der Waals surface area contributed by atoms with Crippen LogP contribution in [-0.2, 0) is 6.54 Å². The molecule has 5 nitrogen and oxygen atoms in total. The van der Waals surface area contributed by atoms with Crippen LogP contribution < -0.4 is 5.73 Å². The molecule has 0 heterocycles. The lowest BCUT2D eigenvalue weighted by molar-refractivity contribution is 0.276. The van der Waals surface area contributed by atoms with E-state index >= 15 is 0 Å². The SMILES string of the molecule is Cc1cc(/C(N)=N/O)ccc1CN(C)CCN(C)C. The average Bonchev–Trinajstić information content (AvgIpc) is 2.37. The lowest BCUT2D eigenvalue weighted by Crippen LogP contribution is -2.28. The molecule has 0 aromatic heterocycles. The minimum Gasteiger partial charge on any atom is -0.409 e. The molecule has 0 spiro atoms. The number of nitrogens with two attached hydrogens (primary N) is 1. The molecular formula is C14H24N4O. The standard InChI is InChI=1S/C14H24N4O/c1-11-9-12(14(15)16-19)5-6-13(11)10-18(4)8-7-17(2)3/h5-6,9,19H,7-8,10H2,1-4H3,(H2,15,16). The highest BCUT2D eigenvalue weighted by Gasteiger charge is 2.06. The van der Waals surface area contributed by atoms with Gasteiger partial charge in [-0.2, -0.15) is 0 Å². The van der Waals surface area contributed by atoms with Crippen molar-refractivity contribution in [2.24, 2.45) is 10.9 Å². The van der Waals surface area contributed by atoms with Crippen molar-refractivity contribution < 1.29 is 5.21 Å². The summed E-state index contributed by atoms with van der Waals surface area (Å²) in [6, 6.07) is 5.87. The molecular weight excluding hydrogens is 240 g/mol. The number of aryl methyl sites for hydroxylation is 1. The lowest BCUT2D eigenvalue weighted by atomic mass is 10.0. The summed E-state index contributed by atoms with van der Waals surface area (Å²) in [5.74, 6) is 0.149. The molecule has 1 aromatic carbocycles. The minimum absolute atomic E-state index is 0.149. The van der Waals surface area contributed by atoms with E-state index in [1.165, 1.54) is 5.56 Å². The molecule has 0 saturated carbocycles. The zero-order valence-corrected chi connectivity index (χ0v) is 12.2. The van der Waals surface area contributed by atoms with Crippen LogP contribution in [0.3, 0.4) is 0 Å². The van der Waals surface area contributed by atoms with Gasteiger partial charge in [-0.25, -0.2) is 0 Å². The number of oxime groups is 1. The van der Waals surface area contributed by atoms with Crippen molar-refractivity contribution in [2.75, 3.05) is 34.2 Å². The Labute approximate surface area is 115 Å². The van der Waals surface area contributed by atoms with E-state index in [0.29, 0.717) is 0 Å². The molecule has 0 aliphatic heterocycles. The third-order valence-electron chi connectivity index (χ3n) is 3.12. The second kappa shape index (κ2) is 7.11. The Morgan fingerprint density at radius 1 is 1.26 bits per heavy atom. The summed E-state index contributed by atoms with van der Waals surface area (Å²) < 4.78 is 0. The zero-order valence-electron chi connectivity index (χ0n) is 12.2. The maximum Gasteiger partial charge on any atom is 0.170 e. The van der Waals surface area contributed by atoms with Gasteiger partial charge in [-0.15, -0.1) is 0 Å². The molecule has 106 valence electrons. The molecule has 1 aromatic rings. The van der Waals surface area contributed by atoms with E-state index in [2.05, 4.69) is 36.1 Å². The van der Waals surface area contributed by atoms with Crippen molar-refractivity contribution in [1.29, 1.82) is 0 Å². The Hall–Kier alpha value is -1.59. The topological polar surface area (TPSA) is 65.1 Å². The van der Waals surface area contributed by atoms with Crippen LogP contribution in [0.5, 0.6) is 0 Å². The Bertz CT molecular complexity index is 443. The summed E-state index contributed by atoms with van der Waals surface area (Å²) in [5, 5.41) is 11.7. The van der Waals surface area contributed by atoms with Gasteiger partial charge < -0.3 is 20.7 Å². The van der Waals surface area contributed by atoms with Crippen molar-refractivity contribution in [1.82, 2.24) is 9.80 Å². The van der Waals surface area contributed by atoms with Crippen LogP contribution in [0.15, 0.2) is 23.4 Å². The van der Waals surface area contributed by atoms with Gasteiger partial charge in [-0.05, 0) is 45.3 Å². The minimum atomic E-state index is 0.149. The second-order valence-electron chi connectivity index (χ2n) is 5.17. The molecule has 0 bridgehead atoms. The molecule has 0 saturated heterocycles. The van der Waals surface area contributed by atoms with Crippen molar-refractivity contribution in [3.8, 4) is 0 Å². The maximum absolute atomic E-state index is 8.67. The van der Waals surface area contributed by atoms with Crippen LogP contribution in [0, 0.1) is 6.92 Å². The van der Waals surface area contributed by atoms with Gasteiger partial charge in [-0.1, -0.05) is 17.3 Å². The molecule has 0 amide bonds. The summed E-state index contributed by atoms with van der Waals surface area (Å²) in [4.78, 5) is 4.45. The number of rotatable bonds is 6. The lowest BCUT2D eigenvalue weighted by Gasteiger charge is -2.20. The Kier molecular flexibility index (Phi) is 5.79. The highest BCUT2D eigenvalue weighted by atomic mass is 16.4. The van der Waals surface area contributed by atoms with Gasteiger partial charge >= 0.3 is 0 Å². The highest BCUT2D eigenvalue weighted by molar-refractivity contribution is 5.97. The molecule has 0 unspecified atom stereocenters. The van der Waals surface area contributed by atoms with Crippen LogP contribution >= 0.6 is 0 Å². The van der Waals surface area contributed by atoms with Gasteiger partial charge in [0.15, 0.2) is 5.84 Å². The van der Waals surface area contributed by atoms with E-state index in [1.54, 1.807) is 0 Å². The number of hydrogen-bond donors (Lipinski definition) is 2. The normalized spacial score (nSPS) is 12.4. The van der Waals surface area contributed by atoms with Gasteiger partial charge in [0.1, 0.15) is 0 Å². The summed E-state index contributed by atoms with van der Waals surface area (Å²) in [6.07, 6.45) is 0. The van der Waals surface area contributed by atoms with Crippen molar-refractivity contribution in [2.45, 2.75) is 13.5 Å². The van der Waals surface area contributed by atoms with Crippen LogP contribution in [0.1, 0.15) is 16.7 Å². The predicted octanol–water partition coefficient (Wildman–Crippen LogP) is 1.08. The number of likely N-dealkylation sites (N-methyl/N-ethyl adjacent to an activating group) is 2. The number of benzene rings is 1. The van der Waals surface area contributed by atoms with Crippen molar-refractivity contribution >= 4 is 5.84 Å². The number of amidine groups is 1. The molecule has 0 atom stereocenters. The molecule has 5 heteroatoms. The maximum atomic E-state index is 8.67. The van der Waals surface area contributed by atoms with Crippen LogP contribution in [0.4, 0.5) is 0 Å². The first-order chi connectivity index (χ1) is 8.93. The van der Waals surface area contributed by atoms with E-state index in [9.17, 15) is 0 Å². The zero-order chi connectivity index (χ0) is 14.4. The van der Waals surface area contributed by atoms with Crippen LogP contribution in [0.25, 0.3) is 0 Å². The van der Waals surface area contributed by atoms with Crippen LogP contribution in [-0.4, -0.2) is 55.1 Å². The van der Waals surface area contributed by atoms with Crippen LogP contribution in [0.2, 0.25) is 0 Å². The molecule has 1 rings (SSSR count). The number of hydrogen-bond acceptors (Lipinski definition) is 4. The van der Waals surface area contributed by atoms with Gasteiger partial charge in [-0.3, -0.25) is 0 Å². The Balaban J connectivity index is 2.69. The van der Waals surface area contributed by atoms with E-state index in [4.69, 9.17) is 10.9 Å². The smallest absolute Gasteiger partial charge is 0.170 e. The van der Waals surface area contributed by atoms with Gasteiger partial charge in [0, 0.05) is 25.2 Å². The first-order valence-corrected chi connectivity index (χ1v) is 6.34. The summed E-state index contributed by atoms with van der Waals surface area (Å²) in [6.45, 7) is 5.01. The monoisotopic (exact) mass is 264 g/mol. The Morgan fingerprint density at radius 2 is 1.95 bits per heavy atom. The summed E-state index contributed by atoms with van der Waals surface area (Å²) in [7, 11) is 6.26. The molecule has 0 aliphatic carbocycles. The van der Waals surface area contributed by atoms with Gasteiger partial charge in [0.2, 0.25) is 0 Å². The van der Waals surface area contributed by atoms with Crippen molar-refractivity contribution in [3.05, 3.63) is 34.9 Å². The quantitative estimate of drug-likeness (QED) is 0.349. The first kappa shape index (κ1) is 15.5. The second-order valence-corrected chi connectivity index (χ2v) is 5.17. The fraction of sp³-hybridized carbons (Fsp3) is 0.500. The van der Waals surface area contributed by atoms with E-state index in [0.717, 1.165) is 30.8 Å². The third-order valence-corrected chi connectivity index (χ3v) is 3.12. The average molecular weight is 264 g/mol. The van der Waals surface area contributed by atoms with E-state index in [-0.39, 0.29) is 5.84 Å². The summed E-state index contributed by atoms with van der Waals surface area (Å²) >= 11 is 0. The highest BCUT2D eigenvalue weighted by Crippen LogP contribution is 2.13. The largest absolute Gasteiger partial charge is 0.409 e. The first-order valence-electron chi connectivity index (χ1n) is 6.34. The number of nitrogens with zero attached hydrogens (tertiary/aromatic N) is 3. The van der Waals surface area contributed by atoms with E-state index in [1.807, 2.05) is 25.1 Å². The van der Waals surface area contributed by atoms with Crippen molar-refractivity contribution in [3.63, 3.8) is 0 Å².